The number of nitrogens with zero attached hydrogens (tertiary/aromatic N) is 1. The summed E-state index contributed by atoms with van der Waals surface area (Å²) in [5, 5.41) is 2.33. The van der Waals surface area contributed by atoms with Gasteiger partial charge >= 0.3 is 0 Å². The average Bonchev–Trinajstić information content (AvgIpc) is 2.17. The van der Waals surface area contributed by atoms with Crippen LogP contribution in [0.25, 0.3) is 0 Å². The van der Waals surface area contributed by atoms with E-state index in [1.54, 1.807) is 0 Å². The molecular formula is C10H21I2N3. The molecule has 0 aromatic carbocycles. The quantitative estimate of drug-likeness (QED) is 0.526. The van der Waals surface area contributed by atoms with Gasteiger partial charge in [0.1, 0.15) is 0 Å². The standard InChI is InChI=1S/C10H21I2N3/c1-10(2,3)9-7-15(14-12)5-4-8(9)6-13-11/h8-9,13-14H,4-7H2,1-3H3. The van der Waals surface area contributed by atoms with Crippen LogP contribution in [0, 0.1) is 17.3 Å². The first-order valence-electron chi connectivity index (χ1n) is 5.43. The number of hydrogen-bond acceptors (Lipinski definition) is 3. The lowest BCUT2D eigenvalue weighted by atomic mass is 9.70. The van der Waals surface area contributed by atoms with Crippen molar-refractivity contribution in [3.63, 3.8) is 0 Å². The van der Waals surface area contributed by atoms with Crippen molar-refractivity contribution in [2.24, 2.45) is 17.3 Å². The first-order valence-corrected chi connectivity index (χ1v) is 7.59. The SMILES string of the molecule is CC(C)(C)C1CN(NI)CCC1CNI. The second-order valence-corrected chi connectivity index (χ2v) is 6.63. The van der Waals surface area contributed by atoms with Crippen LogP contribution in [0.15, 0.2) is 0 Å². The van der Waals surface area contributed by atoms with E-state index in [0.29, 0.717) is 5.41 Å². The largest absolute Gasteiger partial charge is 0.261 e. The van der Waals surface area contributed by atoms with Gasteiger partial charge in [-0.15, -0.1) is 0 Å². The molecule has 15 heavy (non-hydrogen) atoms. The molecular weight excluding hydrogens is 416 g/mol. The summed E-state index contributed by atoms with van der Waals surface area (Å²) < 4.78 is 6.55. The number of hydrogen-bond donors (Lipinski definition) is 2. The molecule has 0 bridgehead atoms. The fourth-order valence-electron chi connectivity index (χ4n) is 2.40. The van der Waals surface area contributed by atoms with E-state index in [4.69, 9.17) is 0 Å². The topological polar surface area (TPSA) is 27.3 Å². The van der Waals surface area contributed by atoms with E-state index in [0.717, 1.165) is 24.9 Å². The predicted molar refractivity (Wildman–Crippen MR) is 81.8 cm³/mol. The summed E-state index contributed by atoms with van der Waals surface area (Å²) in [5.41, 5.74) is 0.393. The Bertz CT molecular complexity index is 194. The summed E-state index contributed by atoms with van der Waals surface area (Å²) in [5.74, 6) is 1.57. The molecule has 90 valence electrons. The molecule has 3 nitrogen and oxygen atoms in total. The Labute approximate surface area is 121 Å². The molecule has 0 aromatic heterocycles. The van der Waals surface area contributed by atoms with Crippen molar-refractivity contribution in [1.82, 2.24) is 12.2 Å². The Hall–Kier alpha value is 1.34. The van der Waals surface area contributed by atoms with Gasteiger partial charge in [0.15, 0.2) is 0 Å². The Morgan fingerprint density at radius 3 is 2.47 bits per heavy atom. The van der Waals surface area contributed by atoms with Crippen molar-refractivity contribution in [3.05, 3.63) is 0 Å². The Kier molecular flexibility index (Phi) is 6.07. The van der Waals surface area contributed by atoms with Gasteiger partial charge in [0.25, 0.3) is 0 Å². The summed E-state index contributed by atoms with van der Waals surface area (Å²) >= 11 is 4.49. The fourth-order valence-corrected chi connectivity index (χ4v) is 3.41. The third-order valence-corrected chi connectivity index (χ3v) is 4.45. The minimum Gasteiger partial charge on any atom is -0.261 e. The second kappa shape index (κ2) is 6.32. The van der Waals surface area contributed by atoms with Crippen molar-refractivity contribution >= 4 is 45.7 Å². The lowest BCUT2D eigenvalue weighted by molar-refractivity contribution is 0.0423. The smallest absolute Gasteiger partial charge is 0.0336 e. The van der Waals surface area contributed by atoms with E-state index in [1.165, 1.54) is 13.0 Å². The predicted octanol–water partition coefficient (Wildman–Crippen LogP) is 2.76. The monoisotopic (exact) mass is 437 g/mol. The van der Waals surface area contributed by atoms with Crippen LogP contribution in [0.1, 0.15) is 27.2 Å². The molecule has 1 heterocycles. The molecule has 2 N–H and O–H groups in total. The summed E-state index contributed by atoms with van der Waals surface area (Å²) in [6, 6.07) is 0. The zero-order valence-corrected chi connectivity index (χ0v) is 14.0. The minimum atomic E-state index is 0.393. The van der Waals surface area contributed by atoms with Crippen LogP contribution >= 0.6 is 45.7 Å². The molecule has 1 aliphatic rings. The van der Waals surface area contributed by atoms with Crippen LogP contribution in [0.4, 0.5) is 0 Å². The maximum Gasteiger partial charge on any atom is 0.0336 e. The van der Waals surface area contributed by atoms with Gasteiger partial charge in [-0.25, -0.2) is 5.01 Å². The number of hydrazine groups is 1. The van der Waals surface area contributed by atoms with Crippen molar-refractivity contribution in [2.45, 2.75) is 27.2 Å². The highest BCUT2D eigenvalue weighted by Crippen LogP contribution is 2.36. The maximum atomic E-state index is 3.30. The van der Waals surface area contributed by atoms with Crippen molar-refractivity contribution in [1.29, 1.82) is 0 Å². The molecule has 1 rings (SSSR count). The van der Waals surface area contributed by atoms with E-state index in [1.807, 2.05) is 0 Å². The summed E-state index contributed by atoms with van der Waals surface area (Å²) in [6.45, 7) is 10.5. The Morgan fingerprint density at radius 2 is 2.00 bits per heavy atom. The molecule has 1 saturated heterocycles. The van der Waals surface area contributed by atoms with Gasteiger partial charge in [-0.1, -0.05) is 20.8 Å². The van der Waals surface area contributed by atoms with E-state index in [-0.39, 0.29) is 0 Å². The molecule has 0 spiro atoms. The fraction of sp³-hybridized carbons (Fsp3) is 1.00. The molecule has 5 heteroatoms. The number of piperidine rings is 1. The van der Waals surface area contributed by atoms with Crippen LogP contribution in [-0.4, -0.2) is 24.6 Å². The van der Waals surface area contributed by atoms with E-state index in [9.17, 15) is 0 Å². The van der Waals surface area contributed by atoms with Crippen molar-refractivity contribution < 1.29 is 0 Å². The molecule has 0 radical (unpaired) electrons. The number of nitrogens with one attached hydrogen (secondary N) is 2. The van der Waals surface area contributed by atoms with Gasteiger partial charge in [0, 0.05) is 65.4 Å². The highest BCUT2D eigenvalue weighted by atomic mass is 127. The molecule has 1 aliphatic heterocycles. The van der Waals surface area contributed by atoms with Crippen molar-refractivity contribution in [3.8, 4) is 0 Å². The van der Waals surface area contributed by atoms with Gasteiger partial charge < -0.3 is 0 Å². The Balaban J connectivity index is 2.65. The van der Waals surface area contributed by atoms with Gasteiger partial charge in [-0.3, -0.25) is 3.53 Å². The highest BCUT2D eigenvalue weighted by molar-refractivity contribution is 14.1. The van der Waals surface area contributed by atoms with Crippen LogP contribution in [0.5, 0.6) is 0 Å². The van der Waals surface area contributed by atoms with Crippen LogP contribution in [0.3, 0.4) is 0 Å². The molecule has 0 amide bonds. The van der Waals surface area contributed by atoms with E-state index >= 15 is 0 Å². The molecule has 2 atom stereocenters. The Morgan fingerprint density at radius 1 is 1.33 bits per heavy atom. The molecule has 0 aliphatic carbocycles. The molecule has 1 fully saturated rings. The van der Waals surface area contributed by atoms with Gasteiger partial charge in [0.2, 0.25) is 0 Å². The lowest BCUT2D eigenvalue weighted by Crippen LogP contribution is -2.50. The van der Waals surface area contributed by atoms with Crippen LogP contribution in [0.2, 0.25) is 0 Å². The van der Waals surface area contributed by atoms with E-state index in [2.05, 4.69) is 78.7 Å². The summed E-state index contributed by atoms with van der Waals surface area (Å²) in [4.78, 5) is 0. The molecule has 0 saturated carbocycles. The normalized spacial score (nSPS) is 29.4. The van der Waals surface area contributed by atoms with Gasteiger partial charge in [-0.2, -0.15) is 3.64 Å². The number of rotatable bonds is 3. The summed E-state index contributed by atoms with van der Waals surface area (Å²) in [6.07, 6.45) is 1.29. The van der Waals surface area contributed by atoms with Gasteiger partial charge in [0.05, 0.1) is 0 Å². The molecule has 2 unspecified atom stereocenters. The highest BCUT2D eigenvalue weighted by Gasteiger charge is 2.36. The van der Waals surface area contributed by atoms with Crippen molar-refractivity contribution in [2.75, 3.05) is 19.6 Å². The zero-order valence-electron chi connectivity index (χ0n) is 9.69. The zero-order chi connectivity index (χ0) is 11.5. The average molecular weight is 437 g/mol. The number of halogens is 2. The minimum absolute atomic E-state index is 0.393. The third kappa shape index (κ3) is 4.25. The molecule has 0 aromatic rings. The van der Waals surface area contributed by atoms with Crippen LogP contribution in [-0.2, 0) is 0 Å². The lowest BCUT2D eigenvalue weighted by Gasteiger charge is -2.44. The van der Waals surface area contributed by atoms with E-state index < -0.39 is 0 Å². The van der Waals surface area contributed by atoms with Gasteiger partial charge in [-0.05, 0) is 23.7 Å². The third-order valence-electron chi connectivity index (χ3n) is 3.33. The maximum absolute atomic E-state index is 3.30. The first kappa shape index (κ1) is 14.4. The summed E-state index contributed by atoms with van der Waals surface area (Å²) in [7, 11) is 0. The second-order valence-electron chi connectivity index (χ2n) is 5.39. The van der Waals surface area contributed by atoms with Crippen LogP contribution < -0.4 is 7.17 Å². The first-order chi connectivity index (χ1) is 6.99.